The molecule has 0 bridgehead atoms. The molecular formula is C12H11Cl2NO3. The monoisotopic (exact) mass is 287 g/mol. The van der Waals surface area contributed by atoms with E-state index in [1.54, 1.807) is 12.1 Å². The second-order valence-corrected chi connectivity index (χ2v) is 4.99. The summed E-state index contributed by atoms with van der Waals surface area (Å²) in [6.07, 6.45) is 0.302. The van der Waals surface area contributed by atoms with Crippen LogP contribution in [-0.4, -0.2) is 30.9 Å². The van der Waals surface area contributed by atoms with Crippen molar-refractivity contribution in [3.05, 3.63) is 28.8 Å². The Balaban J connectivity index is 2.30. The fraction of sp³-hybridized carbons (Fsp3) is 0.333. The van der Waals surface area contributed by atoms with Crippen LogP contribution >= 0.6 is 23.2 Å². The highest BCUT2D eigenvalue weighted by Gasteiger charge is 2.30. The molecule has 1 aromatic rings. The van der Waals surface area contributed by atoms with Crippen molar-refractivity contribution in [3.63, 3.8) is 0 Å². The topological polar surface area (TPSA) is 46.6 Å². The van der Waals surface area contributed by atoms with Gasteiger partial charge in [0.1, 0.15) is 0 Å². The number of methoxy groups -OCH3 is 1. The zero-order valence-electron chi connectivity index (χ0n) is 9.65. The summed E-state index contributed by atoms with van der Waals surface area (Å²) in [4.78, 5) is 24.6. The fourth-order valence-corrected chi connectivity index (χ4v) is 2.42. The third kappa shape index (κ3) is 2.44. The zero-order valence-corrected chi connectivity index (χ0v) is 11.2. The van der Waals surface area contributed by atoms with Gasteiger partial charge in [0.05, 0.1) is 28.8 Å². The van der Waals surface area contributed by atoms with Gasteiger partial charge in [-0.2, -0.15) is 0 Å². The Labute approximate surface area is 114 Å². The molecule has 0 saturated carbocycles. The molecule has 0 N–H and O–H groups in total. The molecule has 1 aromatic carbocycles. The number of nitrogens with zero attached hydrogens (tertiary/aromatic N) is 1. The predicted molar refractivity (Wildman–Crippen MR) is 69.4 cm³/mol. The SMILES string of the molecule is COC(=O)c1ccc(N2CC(Cl)CC2=O)c(Cl)c1. The molecule has 1 heterocycles. The van der Waals surface area contributed by atoms with Gasteiger partial charge in [-0.05, 0) is 18.2 Å². The number of amides is 1. The Kier molecular flexibility index (Phi) is 3.78. The lowest BCUT2D eigenvalue weighted by Crippen LogP contribution is -2.25. The number of hydrogen-bond donors (Lipinski definition) is 0. The molecule has 6 heteroatoms. The maximum Gasteiger partial charge on any atom is 0.337 e. The average molecular weight is 288 g/mol. The molecule has 1 fully saturated rings. The van der Waals surface area contributed by atoms with Crippen molar-refractivity contribution in [1.82, 2.24) is 0 Å². The second kappa shape index (κ2) is 5.16. The zero-order chi connectivity index (χ0) is 13.3. The molecule has 1 aliphatic rings. The number of benzene rings is 1. The highest BCUT2D eigenvalue weighted by atomic mass is 35.5. The molecule has 18 heavy (non-hydrogen) atoms. The number of anilines is 1. The number of ether oxygens (including phenoxy) is 1. The molecule has 0 spiro atoms. The van der Waals surface area contributed by atoms with Gasteiger partial charge in [-0.3, -0.25) is 4.79 Å². The van der Waals surface area contributed by atoms with Crippen molar-refractivity contribution < 1.29 is 14.3 Å². The van der Waals surface area contributed by atoms with Crippen molar-refractivity contribution in [3.8, 4) is 0 Å². The van der Waals surface area contributed by atoms with Gasteiger partial charge in [0, 0.05) is 13.0 Å². The normalized spacial score (nSPS) is 19.2. The van der Waals surface area contributed by atoms with Crippen LogP contribution in [0.25, 0.3) is 0 Å². The van der Waals surface area contributed by atoms with E-state index in [1.165, 1.54) is 18.1 Å². The molecule has 2 rings (SSSR count). The maximum absolute atomic E-state index is 11.7. The molecule has 1 amide bonds. The van der Waals surface area contributed by atoms with E-state index >= 15 is 0 Å². The average Bonchev–Trinajstić information content (AvgIpc) is 2.67. The van der Waals surface area contributed by atoms with Gasteiger partial charge in [-0.1, -0.05) is 11.6 Å². The fourth-order valence-electron chi connectivity index (χ4n) is 1.87. The number of carbonyl (C=O) groups excluding carboxylic acids is 2. The van der Waals surface area contributed by atoms with Crippen LogP contribution in [0, 0.1) is 0 Å². The standard InChI is InChI=1S/C12H11Cl2NO3/c1-18-12(17)7-2-3-10(9(14)4-7)15-6-8(13)5-11(15)16/h2-4,8H,5-6H2,1H3. The van der Waals surface area contributed by atoms with Crippen LogP contribution in [0.2, 0.25) is 5.02 Å². The lowest BCUT2D eigenvalue weighted by molar-refractivity contribution is -0.117. The molecule has 1 unspecified atom stereocenters. The summed E-state index contributed by atoms with van der Waals surface area (Å²) in [5, 5.41) is 0.130. The summed E-state index contributed by atoms with van der Waals surface area (Å²) in [7, 11) is 1.30. The lowest BCUT2D eigenvalue weighted by Gasteiger charge is -2.17. The first-order valence-corrected chi connectivity index (χ1v) is 6.16. The minimum Gasteiger partial charge on any atom is -0.465 e. The number of rotatable bonds is 2. The van der Waals surface area contributed by atoms with Gasteiger partial charge in [-0.15, -0.1) is 11.6 Å². The van der Waals surface area contributed by atoms with Crippen LogP contribution in [0.15, 0.2) is 18.2 Å². The first-order valence-electron chi connectivity index (χ1n) is 5.35. The highest BCUT2D eigenvalue weighted by Crippen LogP contribution is 2.31. The molecule has 0 radical (unpaired) electrons. The van der Waals surface area contributed by atoms with Crippen molar-refractivity contribution in [2.45, 2.75) is 11.8 Å². The van der Waals surface area contributed by atoms with Crippen LogP contribution in [0.3, 0.4) is 0 Å². The van der Waals surface area contributed by atoms with Crippen LogP contribution in [0.1, 0.15) is 16.8 Å². The summed E-state index contributed by atoms with van der Waals surface area (Å²) in [6, 6.07) is 4.68. The number of carbonyl (C=O) groups is 2. The predicted octanol–water partition coefficient (Wildman–Crippen LogP) is 2.47. The molecule has 1 saturated heterocycles. The van der Waals surface area contributed by atoms with Crippen LogP contribution in [-0.2, 0) is 9.53 Å². The van der Waals surface area contributed by atoms with Gasteiger partial charge in [0.25, 0.3) is 0 Å². The van der Waals surface area contributed by atoms with Crippen molar-refractivity contribution in [2.75, 3.05) is 18.6 Å². The molecule has 0 aromatic heterocycles. The number of esters is 1. The smallest absolute Gasteiger partial charge is 0.337 e. The molecule has 4 nitrogen and oxygen atoms in total. The Morgan fingerprint density at radius 1 is 1.50 bits per heavy atom. The van der Waals surface area contributed by atoms with E-state index in [-0.39, 0.29) is 11.3 Å². The summed E-state index contributed by atoms with van der Waals surface area (Å²) >= 11 is 12.0. The minimum atomic E-state index is -0.466. The molecule has 1 atom stereocenters. The Hall–Kier alpha value is -1.26. The first-order chi connectivity index (χ1) is 8.52. The quantitative estimate of drug-likeness (QED) is 0.620. The van der Waals surface area contributed by atoms with Gasteiger partial charge in [0.15, 0.2) is 0 Å². The largest absolute Gasteiger partial charge is 0.465 e. The Bertz CT molecular complexity index is 504. The van der Waals surface area contributed by atoms with Crippen LogP contribution < -0.4 is 4.90 Å². The van der Waals surface area contributed by atoms with Crippen molar-refractivity contribution in [1.29, 1.82) is 0 Å². The van der Waals surface area contributed by atoms with Crippen molar-refractivity contribution >= 4 is 40.8 Å². The second-order valence-electron chi connectivity index (χ2n) is 3.96. The summed E-state index contributed by atoms with van der Waals surface area (Å²) in [5.41, 5.74) is 0.915. The van der Waals surface area contributed by atoms with E-state index in [1.807, 2.05) is 0 Å². The third-order valence-corrected chi connectivity index (χ3v) is 3.33. The van der Waals surface area contributed by atoms with E-state index in [0.29, 0.717) is 29.2 Å². The van der Waals surface area contributed by atoms with Crippen molar-refractivity contribution in [2.24, 2.45) is 0 Å². The van der Waals surface area contributed by atoms with Gasteiger partial charge in [0.2, 0.25) is 5.91 Å². The minimum absolute atomic E-state index is 0.0669. The van der Waals surface area contributed by atoms with E-state index < -0.39 is 5.97 Å². The van der Waals surface area contributed by atoms with E-state index in [2.05, 4.69) is 4.74 Å². The van der Waals surface area contributed by atoms with Crippen LogP contribution in [0.4, 0.5) is 5.69 Å². The number of halogens is 2. The van der Waals surface area contributed by atoms with Crippen LogP contribution in [0.5, 0.6) is 0 Å². The highest BCUT2D eigenvalue weighted by molar-refractivity contribution is 6.34. The van der Waals surface area contributed by atoms with E-state index in [4.69, 9.17) is 23.2 Å². The first kappa shape index (κ1) is 13.2. The lowest BCUT2D eigenvalue weighted by atomic mass is 10.2. The molecule has 1 aliphatic heterocycles. The maximum atomic E-state index is 11.7. The van der Waals surface area contributed by atoms with Gasteiger partial charge < -0.3 is 9.64 Å². The van der Waals surface area contributed by atoms with Gasteiger partial charge in [-0.25, -0.2) is 4.79 Å². The van der Waals surface area contributed by atoms with E-state index in [0.717, 1.165) is 0 Å². The molecule has 0 aliphatic carbocycles. The summed E-state index contributed by atoms with van der Waals surface area (Å²) in [5.74, 6) is -0.533. The Morgan fingerprint density at radius 3 is 2.72 bits per heavy atom. The summed E-state index contributed by atoms with van der Waals surface area (Å²) < 4.78 is 4.60. The van der Waals surface area contributed by atoms with Gasteiger partial charge >= 0.3 is 5.97 Å². The third-order valence-electron chi connectivity index (χ3n) is 2.74. The molecule has 96 valence electrons. The number of hydrogen-bond acceptors (Lipinski definition) is 3. The summed E-state index contributed by atoms with van der Waals surface area (Å²) in [6.45, 7) is 0.428. The Morgan fingerprint density at radius 2 is 2.22 bits per heavy atom. The van der Waals surface area contributed by atoms with E-state index in [9.17, 15) is 9.59 Å². The molecular weight excluding hydrogens is 277 g/mol. The number of alkyl halides is 1.